The second-order valence-electron chi connectivity index (χ2n) is 12.7. The van der Waals surface area contributed by atoms with E-state index in [1.807, 2.05) is 97.1 Å². The van der Waals surface area contributed by atoms with Gasteiger partial charge < -0.3 is 8.83 Å². The molecule has 10 rings (SSSR count). The summed E-state index contributed by atoms with van der Waals surface area (Å²) in [5.41, 5.74) is 10.4. The number of furan rings is 2. The Labute approximate surface area is 297 Å². The lowest BCUT2D eigenvalue weighted by Gasteiger charge is -2.10. The van der Waals surface area contributed by atoms with E-state index in [4.69, 9.17) is 23.8 Å². The molecule has 0 aliphatic heterocycles. The van der Waals surface area contributed by atoms with Crippen molar-refractivity contribution < 1.29 is 8.83 Å². The third-order valence-corrected chi connectivity index (χ3v) is 9.56. The summed E-state index contributed by atoms with van der Waals surface area (Å²) in [6, 6.07) is 54.6. The Hall–Kier alpha value is -7.36. The third-order valence-electron chi connectivity index (χ3n) is 9.56. The number of nitriles is 1. The summed E-state index contributed by atoms with van der Waals surface area (Å²) in [4.78, 5) is 15.3. The summed E-state index contributed by atoms with van der Waals surface area (Å²) in [6.07, 6.45) is 0. The minimum absolute atomic E-state index is 0.521. The fourth-order valence-electron chi connectivity index (χ4n) is 7.14. The highest BCUT2D eigenvalue weighted by Gasteiger charge is 2.19. The Bertz CT molecular complexity index is 3040. The van der Waals surface area contributed by atoms with Gasteiger partial charge in [0.05, 0.1) is 11.6 Å². The molecule has 0 aliphatic carbocycles. The normalized spacial score (nSPS) is 11.4. The van der Waals surface area contributed by atoms with E-state index in [-0.39, 0.29) is 0 Å². The topological polar surface area (TPSA) is 88.7 Å². The number of fused-ring (bicyclic) bond motifs is 6. The lowest BCUT2D eigenvalue weighted by molar-refractivity contribution is 0.668. The Kier molecular flexibility index (Phi) is 6.76. The Morgan fingerprint density at radius 2 is 0.942 bits per heavy atom. The van der Waals surface area contributed by atoms with E-state index in [0.717, 1.165) is 82.8 Å². The van der Waals surface area contributed by atoms with Gasteiger partial charge in [-0.3, -0.25) is 0 Å². The number of rotatable bonds is 5. The first-order valence-electron chi connectivity index (χ1n) is 17.0. The Morgan fingerprint density at radius 3 is 1.75 bits per heavy atom. The molecule has 0 saturated carbocycles. The van der Waals surface area contributed by atoms with Crippen LogP contribution in [0.2, 0.25) is 0 Å². The van der Waals surface area contributed by atoms with E-state index in [2.05, 4.69) is 60.7 Å². The van der Waals surface area contributed by atoms with Gasteiger partial charge in [-0.05, 0) is 70.8 Å². The molecular weight excluding hydrogens is 641 g/mol. The minimum Gasteiger partial charge on any atom is -0.456 e. The van der Waals surface area contributed by atoms with Crippen LogP contribution in [-0.4, -0.2) is 15.0 Å². The largest absolute Gasteiger partial charge is 0.456 e. The molecule has 0 fully saturated rings. The first kappa shape index (κ1) is 29.5. The second kappa shape index (κ2) is 11.9. The fourth-order valence-corrected chi connectivity index (χ4v) is 7.14. The van der Waals surface area contributed by atoms with Crippen LogP contribution in [0.1, 0.15) is 5.56 Å². The molecule has 0 spiro atoms. The average molecular weight is 667 g/mol. The molecule has 242 valence electrons. The lowest BCUT2D eigenvalue weighted by atomic mass is 9.99. The molecule has 52 heavy (non-hydrogen) atoms. The van der Waals surface area contributed by atoms with Crippen LogP contribution in [0.15, 0.2) is 167 Å². The van der Waals surface area contributed by atoms with Crippen LogP contribution >= 0.6 is 0 Å². The van der Waals surface area contributed by atoms with E-state index in [1.165, 1.54) is 0 Å². The predicted molar refractivity (Wildman–Crippen MR) is 206 cm³/mol. The maximum Gasteiger partial charge on any atom is 0.164 e. The zero-order valence-electron chi connectivity index (χ0n) is 27.6. The lowest BCUT2D eigenvalue weighted by Crippen LogP contribution is -2.00. The van der Waals surface area contributed by atoms with Crippen molar-refractivity contribution in [3.8, 4) is 62.5 Å². The molecule has 0 N–H and O–H groups in total. The van der Waals surface area contributed by atoms with Crippen molar-refractivity contribution in [1.82, 2.24) is 15.0 Å². The van der Waals surface area contributed by atoms with Crippen LogP contribution in [0.3, 0.4) is 0 Å². The van der Waals surface area contributed by atoms with Crippen molar-refractivity contribution in [3.63, 3.8) is 0 Å². The fraction of sp³-hybridized carbons (Fsp3) is 0. The SMILES string of the molecule is N#Cc1cccc(-c2cccc(-c3nc(-c4ccc5c(c4)oc4cccc(-c6ccccc6)c45)nc(-c4cccc5oc6ccccc6c45)n3)c2)c1. The van der Waals surface area contributed by atoms with Gasteiger partial charge in [-0.2, -0.15) is 5.26 Å². The molecule has 6 heteroatoms. The maximum atomic E-state index is 9.53. The first-order chi connectivity index (χ1) is 25.7. The summed E-state index contributed by atoms with van der Waals surface area (Å²) < 4.78 is 12.7. The van der Waals surface area contributed by atoms with Gasteiger partial charge in [0.15, 0.2) is 17.5 Å². The van der Waals surface area contributed by atoms with Gasteiger partial charge in [0, 0.05) is 38.2 Å². The van der Waals surface area contributed by atoms with Gasteiger partial charge in [0.1, 0.15) is 22.3 Å². The highest BCUT2D eigenvalue weighted by molar-refractivity contribution is 6.13. The summed E-state index contributed by atoms with van der Waals surface area (Å²) in [5.74, 6) is 1.58. The van der Waals surface area contributed by atoms with Crippen molar-refractivity contribution in [1.29, 1.82) is 5.26 Å². The molecule has 10 aromatic rings. The van der Waals surface area contributed by atoms with Gasteiger partial charge in [-0.1, -0.05) is 109 Å². The van der Waals surface area contributed by atoms with Gasteiger partial charge in [0.25, 0.3) is 0 Å². The number of nitrogens with zero attached hydrogens (tertiary/aromatic N) is 4. The quantitative estimate of drug-likeness (QED) is 0.182. The minimum atomic E-state index is 0.521. The molecule has 0 saturated heterocycles. The number of hydrogen-bond donors (Lipinski definition) is 0. The van der Waals surface area contributed by atoms with Crippen molar-refractivity contribution in [3.05, 3.63) is 163 Å². The molecule has 6 nitrogen and oxygen atoms in total. The van der Waals surface area contributed by atoms with Gasteiger partial charge in [-0.15, -0.1) is 0 Å². The summed E-state index contributed by atoms with van der Waals surface area (Å²) >= 11 is 0. The first-order valence-corrected chi connectivity index (χ1v) is 17.0. The molecule has 0 atom stereocenters. The van der Waals surface area contributed by atoms with Crippen LogP contribution in [-0.2, 0) is 0 Å². The van der Waals surface area contributed by atoms with E-state index in [0.29, 0.717) is 23.0 Å². The Balaban J connectivity index is 1.18. The zero-order chi connectivity index (χ0) is 34.6. The van der Waals surface area contributed by atoms with Crippen LogP contribution in [0, 0.1) is 11.3 Å². The molecule has 3 heterocycles. The molecule has 0 unspecified atom stereocenters. The van der Waals surface area contributed by atoms with Crippen molar-refractivity contribution >= 4 is 43.9 Å². The summed E-state index contributed by atoms with van der Waals surface area (Å²) in [6.45, 7) is 0. The van der Waals surface area contributed by atoms with E-state index in [9.17, 15) is 5.26 Å². The van der Waals surface area contributed by atoms with Crippen molar-refractivity contribution in [2.24, 2.45) is 0 Å². The number of benzene rings is 7. The van der Waals surface area contributed by atoms with E-state index < -0.39 is 0 Å². The van der Waals surface area contributed by atoms with Crippen LogP contribution in [0.4, 0.5) is 0 Å². The van der Waals surface area contributed by atoms with Gasteiger partial charge >= 0.3 is 0 Å². The smallest absolute Gasteiger partial charge is 0.164 e. The van der Waals surface area contributed by atoms with E-state index in [1.54, 1.807) is 6.07 Å². The Morgan fingerprint density at radius 1 is 0.385 bits per heavy atom. The second-order valence-corrected chi connectivity index (χ2v) is 12.7. The molecule has 0 amide bonds. The molecule has 0 radical (unpaired) electrons. The monoisotopic (exact) mass is 666 g/mol. The van der Waals surface area contributed by atoms with Crippen LogP contribution < -0.4 is 0 Å². The summed E-state index contributed by atoms with van der Waals surface area (Å²) in [7, 11) is 0. The highest BCUT2D eigenvalue weighted by atomic mass is 16.3. The molecule has 7 aromatic carbocycles. The van der Waals surface area contributed by atoms with Crippen molar-refractivity contribution in [2.45, 2.75) is 0 Å². The highest BCUT2D eigenvalue weighted by Crippen LogP contribution is 2.40. The van der Waals surface area contributed by atoms with E-state index >= 15 is 0 Å². The number of aromatic nitrogens is 3. The number of para-hydroxylation sites is 1. The number of hydrogen-bond acceptors (Lipinski definition) is 6. The van der Waals surface area contributed by atoms with Crippen LogP contribution in [0.5, 0.6) is 0 Å². The zero-order valence-corrected chi connectivity index (χ0v) is 27.6. The predicted octanol–water partition coefficient (Wildman–Crippen LogP) is 11.9. The maximum absolute atomic E-state index is 9.53. The molecular formula is C46H26N4O2. The summed E-state index contributed by atoms with van der Waals surface area (Å²) in [5, 5.41) is 13.6. The third kappa shape index (κ3) is 4.92. The molecule has 3 aromatic heterocycles. The standard InChI is InChI=1S/C46H26N4O2/c47-27-28-10-6-13-30(24-28)31-14-7-15-32(25-31)44-48-45(50-46(49-44)37-18-9-21-40-43(37)35-16-4-5-19-38(35)51-40)33-22-23-36-41(26-33)52-39-20-8-17-34(42(36)39)29-11-2-1-3-12-29/h1-26H. The van der Waals surface area contributed by atoms with Crippen LogP contribution in [0.25, 0.3) is 100 Å². The molecule has 0 bridgehead atoms. The average Bonchev–Trinajstić information content (AvgIpc) is 3.79. The van der Waals surface area contributed by atoms with Gasteiger partial charge in [0.2, 0.25) is 0 Å². The van der Waals surface area contributed by atoms with Crippen molar-refractivity contribution in [2.75, 3.05) is 0 Å². The van der Waals surface area contributed by atoms with Gasteiger partial charge in [-0.25, -0.2) is 15.0 Å². The molecule has 0 aliphatic rings.